The fourth-order valence-corrected chi connectivity index (χ4v) is 3.88. The van der Waals surface area contributed by atoms with E-state index in [0.717, 1.165) is 45.5 Å². The molecule has 1 heterocycles. The van der Waals surface area contributed by atoms with Crippen molar-refractivity contribution in [2.75, 3.05) is 11.1 Å². The summed E-state index contributed by atoms with van der Waals surface area (Å²) in [5.41, 5.74) is 5.32. The first-order chi connectivity index (χ1) is 13.0. The quantitative estimate of drug-likeness (QED) is 0.634. The number of nitrogens with one attached hydrogen (secondary N) is 1. The monoisotopic (exact) mass is 380 g/mol. The van der Waals surface area contributed by atoms with Gasteiger partial charge < -0.3 is 9.88 Å². The summed E-state index contributed by atoms with van der Waals surface area (Å²) in [5, 5.41) is 12.4. The lowest BCUT2D eigenvalue weighted by Crippen LogP contribution is -2.15. The number of hydrogen-bond acceptors (Lipinski definition) is 4. The van der Waals surface area contributed by atoms with Crippen LogP contribution >= 0.6 is 11.8 Å². The Morgan fingerprint density at radius 2 is 1.78 bits per heavy atom. The number of aromatic nitrogens is 3. The first-order valence-electron chi connectivity index (χ1n) is 8.98. The first-order valence-corrected chi connectivity index (χ1v) is 9.96. The van der Waals surface area contributed by atoms with Gasteiger partial charge in [0.05, 0.1) is 5.75 Å². The summed E-state index contributed by atoms with van der Waals surface area (Å²) in [6, 6.07) is 14.2. The number of aryl methyl sites for hydroxylation is 3. The lowest BCUT2D eigenvalue weighted by atomic mass is 10.1. The number of hydrogen-bond donors (Lipinski definition) is 1. The molecule has 0 bridgehead atoms. The Bertz CT molecular complexity index is 944. The Morgan fingerprint density at radius 1 is 1.07 bits per heavy atom. The van der Waals surface area contributed by atoms with Crippen molar-refractivity contribution >= 4 is 23.4 Å². The zero-order valence-corrected chi connectivity index (χ0v) is 16.9. The van der Waals surface area contributed by atoms with E-state index in [1.807, 2.05) is 44.2 Å². The van der Waals surface area contributed by atoms with E-state index in [4.69, 9.17) is 0 Å². The summed E-state index contributed by atoms with van der Waals surface area (Å²) in [4.78, 5) is 12.3. The van der Waals surface area contributed by atoms with Crippen LogP contribution in [0.1, 0.15) is 23.6 Å². The van der Waals surface area contributed by atoms with Crippen LogP contribution in [0.3, 0.4) is 0 Å². The number of thioether (sulfide) groups is 1. The Balaban J connectivity index is 1.71. The van der Waals surface area contributed by atoms with Crippen LogP contribution in [0.15, 0.2) is 47.6 Å². The van der Waals surface area contributed by atoms with E-state index in [9.17, 15) is 4.79 Å². The molecule has 0 saturated carbocycles. The van der Waals surface area contributed by atoms with E-state index in [-0.39, 0.29) is 5.91 Å². The molecule has 0 atom stereocenters. The molecular weight excluding hydrogens is 356 g/mol. The fraction of sp³-hybridized carbons (Fsp3) is 0.286. The lowest BCUT2D eigenvalue weighted by molar-refractivity contribution is -0.113. The van der Waals surface area contributed by atoms with Crippen molar-refractivity contribution in [3.05, 3.63) is 59.2 Å². The van der Waals surface area contributed by atoms with Gasteiger partial charge >= 0.3 is 0 Å². The zero-order valence-electron chi connectivity index (χ0n) is 16.1. The van der Waals surface area contributed by atoms with Crippen LogP contribution in [-0.4, -0.2) is 26.4 Å². The van der Waals surface area contributed by atoms with Crippen molar-refractivity contribution in [3.63, 3.8) is 0 Å². The minimum absolute atomic E-state index is 0.0481. The highest BCUT2D eigenvalue weighted by molar-refractivity contribution is 7.99. The molecule has 0 aliphatic carbocycles. The van der Waals surface area contributed by atoms with Crippen molar-refractivity contribution in [3.8, 4) is 11.4 Å². The van der Waals surface area contributed by atoms with Crippen molar-refractivity contribution in [1.82, 2.24) is 14.8 Å². The van der Waals surface area contributed by atoms with E-state index >= 15 is 0 Å². The summed E-state index contributed by atoms with van der Waals surface area (Å²) in [5.74, 6) is 1.08. The molecule has 1 N–H and O–H groups in total. The topological polar surface area (TPSA) is 59.8 Å². The van der Waals surface area contributed by atoms with Gasteiger partial charge in [-0.2, -0.15) is 0 Å². The van der Waals surface area contributed by atoms with Gasteiger partial charge in [-0.25, -0.2) is 0 Å². The molecule has 0 fully saturated rings. The Kier molecular flexibility index (Phi) is 5.96. The second-order valence-electron chi connectivity index (χ2n) is 6.58. The van der Waals surface area contributed by atoms with Gasteiger partial charge in [0.15, 0.2) is 11.0 Å². The average molecular weight is 381 g/mol. The van der Waals surface area contributed by atoms with E-state index in [1.54, 1.807) is 0 Å². The van der Waals surface area contributed by atoms with Gasteiger partial charge in [0, 0.05) is 17.8 Å². The standard InChI is InChI=1S/C21H24N4OS/c1-5-25-20(18-9-7-6-8-16(18)4)23-24-21(25)27-13-19(26)22-17-11-14(2)10-15(3)12-17/h6-12H,5,13H2,1-4H3,(H,22,26). The van der Waals surface area contributed by atoms with Crippen LogP contribution in [0, 0.1) is 20.8 Å². The van der Waals surface area contributed by atoms with Crippen LogP contribution in [0.4, 0.5) is 5.69 Å². The largest absolute Gasteiger partial charge is 0.325 e. The van der Waals surface area contributed by atoms with Gasteiger partial charge in [-0.1, -0.05) is 42.1 Å². The van der Waals surface area contributed by atoms with Crippen LogP contribution in [-0.2, 0) is 11.3 Å². The third-order valence-corrected chi connectivity index (χ3v) is 5.22. The lowest BCUT2D eigenvalue weighted by Gasteiger charge is -2.10. The average Bonchev–Trinajstić information content (AvgIpc) is 3.02. The van der Waals surface area contributed by atoms with Crippen molar-refractivity contribution < 1.29 is 4.79 Å². The van der Waals surface area contributed by atoms with Gasteiger partial charge in [0.2, 0.25) is 5.91 Å². The van der Waals surface area contributed by atoms with Gasteiger partial charge in [-0.15, -0.1) is 10.2 Å². The Labute approximate surface area is 164 Å². The van der Waals surface area contributed by atoms with Crippen molar-refractivity contribution in [2.24, 2.45) is 0 Å². The second kappa shape index (κ2) is 8.39. The first kappa shape index (κ1) is 19.2. The Hall–Kier alpha value is -2.60. The summed E-state index contributed by atoms with van der Waals surface area (Å²) in [6.45, 7) is 8.92. The van der Waals surface area contributed by atoms with Gasteiger partial charge in [0.25, 0.3) is 0 Å². The molecule has 2 aromatic carbocycles. The summed E-state index contributed by atoms with van der Waals surface area (Å²) in [6.07, 6.45) is 0. The van der Waals surface area contributed by atoms with Gasteiger partial charge in [-0.05, 0) is 56.5 Å². The molecule has 0 aliphatic heterocycles. The molecule has 5 nitrogen and oxygen atoms in total. The predicted octanol–water partition coefficient (Wildman–Crippen LogP) is 4.62. The highest BCUT2D eigenvalue weighted by Gasteiger charge is 2.15. The maximum atomic E-state index is 12.3. The second-order valence-corrected chi connectivity index (χ2v) is 7.52. The number of carbonyl (C=O) groups excluding carboxylic acids is 1. The van der Waals surface area contributed by atoms with Crippen LogP contribution < -0.4 is 5.32 Å². The number of benzene rings is 2. The SMILES string of the molecule is CCn1c(SCC(=O)Nc2cc(C)cc(C)c2)nnc1-c1ccccc1C. The van der Waals surface area contributed by atoms with E-state index in [1.165, 1.54) is 11.8 Å². The molecule has 0 radical (unpaired) electrons. The van der Waals surface area contributed by atoms with E-state index < -0.39 is 0 Å². The molecule has 6 heteroatoms. The van der Waals surface area contributed by atoms with Crippen LogP contribution in [0.2, 0.25) is 0 Å². The third-order valence-electron chi connectivity index (χ3n) is 4.26. The molecule has 0 unspecified atom stereocenters. The maximum absolute atomic E-state index is 12.3. The number of anilines is 1. The number of amides is 1. The fourth-order valence-electron chi connectivity index (χ4n) is 3.08. The number of nitrogens with zero attached hydrogens (tertiary/aromatic N) is 3. The maximum Gasteiger partial charge on any atom is 0.234 e. The van der Waals surface area contributed by atoms with Crippen LogP contribution in [0.5, 0.6) is 0 Å². The zero-order chi connectivity index (χ0) is 19.4. The molecule has 0 aliphatic rings. The molecule has 3 rings (SSSR count). The molecule has 0 saturated heterocycles. The molecule has 1 amide bonds. The van der Waals surface area contributed by atoms with Crippen molar-refractivity contribution in [2.45, 2.75) is 39.4 Å². The molecular formula is C21H24N4OS. The van der Waals surface area contributed by atoms with E-state index in [0.29, 0.717) is 5.75 Å². The highest BCUT2D eigenvalue weighted by Crippen LogP contribution is 2.26. The minimum Gasteiger partial charge on any atom is -0.325 e. The summed E-state index contributed by atoms with van der Waals surface area (Å²) >= 11 is 1.41. The minimum atomic E-state index is -0.0481. The predicted molar refractivity (Wildman–Crippen MR) is 111 cm³/mol. The molecule has 140 valence electrons. The highest BCUT2D eigenvalue weighted by atomic mass is 32.2. The summed E-state index contributed by atoms with van der Waals surface area (Å²) in [7, 11) is 0. The molecule has 3 aromatic rings. The van der Waals surface area contributed by atoms with Gasteiger partial charge in [0.1, 0.15) is 0 Å². The summed E-state index contributed by atoms with van der Waals surface area (Å²) < 4.78 is 2.05. The third kappa shape index (κ3) is 4.57. The van der Waals surface area contributed by atoms with Crippen LogP contribution in [0.25, 0.3) is 11.4 Å². The Morgan fingerprint density at radius 3 is 2.44 bits per heavy atom. The normalized spacial score (nSPS) is 10.8. The van der Waals surface area contributed by atoms with E-state index in [2.05, 4.69) is 46.1 Å². The number of carbonyl (C=O) groups is 1. The van der Waals surface area contributed by atoms with Crippen molar-refractivity contribution in [1.29, 1.82) is 0 Å². The molecule has 27 heavy (non-hydrogen) atoms. The van der Waals surface area contributed by atoms with Gasteiger partial charge in [-0.3, -0.25) is 4.79 Å². The molecule has 1 aromatic heterocycles. The number of rotatable bonds is 6. The smallest absolute Gasteiger partial charge is 0.234 e. The molecule has 0 spiro atoms.